The normalized spacial score (nSPS) is 14.1. The summed E-state index contributed by atoms with van der Waals surface area (Å²) in [5, 5.41) is 8.43. The van der Waals surface area contributed by atoms with E-state index >= 15 is 0 Å². The van der Waals surface area contributed by atoms with Crippen LogP contribution in [0.5, 0.6) is 5.75 Å². The van der Waals surface area contributed by atoms with Crippen molar-refractivity contribution in [3.8, 4) is 17.2 Å². The van der Waals surface area contributed by atoms with Crippen LogP contribution in [0.4, 0.5) is 0 Å². The predicted molar refractivity (Wildman–Crippen MR) is 92.0 cm³/mol. The van der Waals surface area contributed by atoms with E-state index in [-0.39, 0.29) is 0 Å². The Labute approximate surface area is 148 Å². The summed E-state index contributed by atoms with van der Waals surface area (Å²) in [6.45, 7) is 2.46. The number of nitrogens with zero attached hydrogens (tertiary/aromatic N) is 4. The first-order valence-corrected chi connectivity index (χ1v) is 8.63. The Morgan fingerprint density at radius 3 is 2.96 bits per heavy atom. The Kier molecular flexibility index (Phi) is 3.88. The number of aromatic nitrogens is 4. The molecule has 1 fully saturated rings. The van der Waals surface area contributed by atoms with Crippen LogP contribution in [0.1, 0.15) is 35.9 Å². The van der Waals surface area contributed by atoms with Gasteiger partial charge in [-0.25, -0.2) is 9.67 Å². The standard InChI is InChI=1S/C17H17BrN4O2/c1-10-14(8-22-9-15(20-21-22)11-3-4-11)19-17(24-10)13-7-12(18)5-6-16(13)23-2/h5-7,9,11H,3-4,8H2,1-2H3. The van der Waals surface area contributed by atoms with Crippen molar-refractivity contribution in [2.24, 2.45) is 0 Å². The third-order valence-corrected chi connectivity index (χ3v) is 4.64. The number of oxazole rings is 1. The molecule has 0 N–H and O–H groups in total. The Bertz CT molecular complexity index is 883. The Balaban J connectivity index is 1.63. The zero-order valence-corrected chi connectivity index (χ0v) is 15.1. The van der Waals surface area contributed by atoms with E-state index in [9.17, 15) is 0 Å². The summed E-state index contributed by atoms with van der Waals surface area (Å²) in [6, 6.07) is 5.75. The van der Waals surface area contributed by atoms with Gasteiger partial charge in [-0.15, -0.1) is 5.10 Å². The molecule has 0 amide bonds. The molecule has 1 saturated carbocycles. The third kappa shape index (κ3) is 2.96. The maximum absolute atomic E-state index is 5.86. The number of rotatable bonds is 5. The first kappa shape index (κ1) is 15.4. The van der Waals surface area contributed by atoms with E-state index < -0.39 is 0 Å². The van der Waals surface area contributed by atoms with Crippen LogP contribution in [0.25, 0.3) is 11.5 Å². The van der Waals surface area contributed by atoms with E-state index in [0.29, 0.717) is 18.4 Å². The zero-order valence-electron chi connectivity index (χ0n) is 13.5. The number of hydrogen-bond donors (Lipinski definition) is 0. The monoisotopic (exact) mass is 388 g/mol. The van der Waals surface area contributed by atoms with Gasteiger partial charge in [-0.3, -0.25) is 0 Å². The number of ether oxygens (including phenoxy) is 1. The minimum Gasteiger partial charge on any atom is -0.496 e. The van der Waals surface area contributed by atoms with Gasteiger partial charge in [-0.05, 0) is 38.0 Å². The van der Waals surface area contributed by atoms with Gasteiger partial charge in [0.1, 0.15) is 17.2 Å². The molecule has 1 aliphatic rings. The van der Waals surface area contributed by atoms with E-state index in [0.717, 1.165) is 32.9 Å². The van der Waals surface area contributed by atoms with Crippen molar-refractivity contribution in [1.29, 1.82) is 0 Å². The molecule has 0 aliphatic heterocycles. The Hall–Kier alpha value is -2.15. The molecule has 1 aliphatic carbocycles. The zero-order chi connectivity index (χ0) is 16.7. The average Bonchev–Trinajstić information content (AvgIpc) is 3.22. The highest BCUT2D eigenvalue weighted by Crippen LogP contribution is 2.38. The topological polar surface area (TPSA) is 66.0 Å². The third-order valence-electron chi connectivity index (χ3n) is 4.15. The highest BCUT2D eigenvalue weighted by molar-refractivity contribution is 9.10. The molecule has 124 valence electrons. The van der Waals surface area contributed by atoms with Crippen molar-refractivity contribution in [1.82, 2.24) is 20.0 Å². The molecule has 1 aromatic carbocycles. The molecule has 3 aromatic rings. The predicted octanol–water partition coefficient (Wildman–Crippen LogP) is 3.94. The first-order valence-electron chi connectivity index (χ1n) is 7.84. The minimum atomic E-state index is 0.545. The van der Waals surface area contributed by atoms with Gasteiger partial charge >= 0.3 is 0 Å². The fourth-order valence-electron chi connectivity index (χ4n) is 2.65. The lowest BCUT2D eigenvalue weighted by atomic mass is 10.2. The summed E-state index contributed by atoms with van der Waals surface area (Å²) in [4.78, 5) is 4.64. The minimum absolute atomic E-state index is 0.545. The summed E-state index contributed by atoms with van der Waals surface area (Å²) >= 11 is 3.48. The summed E-state index contributed by atoms with van der Waals surface area (Å²) in [5.74, 6) is 2.64. The van der Waals surface area contributed by atoms with E-state index in [1.165, 1.54) is 12.8 Å². The SMILES string of the molecule is COc1ccc(Br)cc1-c1nc(Cn2cc(C3CC3)nn2)c(C)o1. The molecule has 0 saturated heterocycles. The van der Waals surface area contributed by atoms with Crippen molar-refractivity contribution < 1.29 is 9.15 Å². The van der Waals surface area contributed by atoms with Crippen molar-refractivity contribution in [2.75, 3.05) is 7.11 Å². The van der Waals surface area contributed by atoms with Crippen molar-refractivity contribution in [3.05, 3.63) is 46.0 Å². The van der Waals surface area contributed by atoms with Crippen LogP contribution < -0.4 is 4.74 Å². The highest BCUT2D eigenvalue weighted by Gasteiger charge is 2.26. The number of aryl methyl sites for hydroxylation is 1. The van der Waals surface area contributed by atoms with E-state index in [2.05, 4.69) is 31.2 Å². The van der Waals surface area contributed by atoms with E-state index in [1.54, 1.807) is 7.11 Å². The van der Waals surface area contributed by atoms with Gasteiger partial charge in [-0.1, -0.05) is 21.1 Å². The maximum atomic E-state index is 5.86. The molecule has 2 heterocycles. The Morgan fingerprint density at radius 2 is 2.21 bits per heavy atom. The summed E-state index contributed by atoms with van der Waals surface area (Å²) in [6.07, 6.45) is 4.44. The molecule has 0 spiro atoms. The van der Waals surface area contributed by atoms with Gasteiger partial charge in [0.2, 0.25) is 5.89 Å². The molecule has 24 heavy (non-hydrogen) atoms. The lowest BCUT2D eigenvalue weighted by Gasteiger charge is -2.05. The summed E-state index contributed by atoms with van der Waals surface area (Å²) < 4.78 is 14.0. The molecule has 0 unspecified atom stereocenters. The number of methoxy groups -OCH3 is 1. The number of halogens is 1. The van der Waals surface area contributed by atoms with E-state index in [4.69, 9.17) is 9.15 Å². The molecular formula is C17H17BrN4O2. The smallest absolute Gasteiger partial charge is 0.230 e. The molecule has 0 bridgehead atoms. The quantitative estimate of drug-likeness (QED) is 0.662. The van der Waals surface area contributed by atoms with Gasteiger partial charge in [0.05, 0.1) is 24.9 Å². The van der Waals surface area contributed by atoms with Crippen LogP contribution in [0, 0.1) is 6.92 Å². The van der Waals surface area contributed by atoms with Crippen LogP contribution in [0.15, 0.2) is 33.3 Å². The highest BCUT2D eigenvalue weighted by atomic mass is 79.9. The van der Waals surface area contributed by atoms with Gasteiger partial charge in [0.25, 0.3) is 0 Å². The average molecular weight is 389 g/mol. The fourth-order valence-corrected chi connectivity index (χ4v) is 3.01. The first-order chi connectivity index (χ1) is 11.6. The number of benzene rings is 1. The molecule has 0 radical (unpaired) electrons. The molecule has 2 aromatic heterocycles. The van der Waals surface area contributed by atoms with Gasteiger partial charge < -0.3 is 9.15 Å². The van der Waals surface area contributed by atoms with Gasteiger partial charge in [0, 0.05) is 16.6 Å². The molecule has 7 heteroatoms. The van der Waals surface area contributed by atoms with Crippen LogP contribution >= 0.6 is 15.9 Å². The number of hydrogen-bond acceptors (Lipinski definition) is 5. The molecular weight excluding hydrogens is 372 g/mol. The Morgan fingerprint density at radius 1 is 1.38 bits per heavy atom. The van der Waals surface area contributed by atoms with Gasteiger partial charge in [0.15, 0.2) is 0 Å². The van der Waals surface area contributed by atoms with Crippen molar-refractivity contribution in [2.45, 2.75) is 32.2 Å². The maximum Gasteiger partial charge on any atom is 0.230 e. The molecule has 4 rings (SSSR count). The van der Waals surface area contributed by atoms with Crippen LogP contribution in [-0.2, 0) is 6.54 Å². The lowest BCUT2D eigenvalue weighted by molar-refractivity contribution is 0.414. The summed E-state index contributed by atoms with van der Waals surface area (Å²) in [7, 11) is 1.64. The van der Waals surface area contributed by atoms with Crippen molar-refractivity contribution in [3.63, 3.8) is 0 Å². The van der Waals surface area contributed by atoms with Crippen LogP contribution in [0.2, 0.25) is 0 Å². The van der Waals surface area contributed by atoms with Gasteiger partial charge in [-0.2, -0.15) is 0 Å². The van der Waals surface area contributed by atoms with Crippen LogP contribution in [0.3, 0.4) is 0 Å². The second kappa shape index (κ2) is 6.05. The molecule has 0 atom stereocenters. The fraction of sp³-hybridized carbons (Fsp3) is 0.353. The second-order valence-corrected chi connectivity index (χ2v) is 6.90. The van der Waals surface area contributed by atoms with Crippen molar-refractivity contribution >= 4 is 15.9 Å². The summed E-state index contributed by atoms with van der Waals surface area (Å²) in [5.41, 5.74) is 2.74. The van der Waals surface area contributed by atoms with E-state index in [1.807, 2.05) is 36.0 Å². The van der Waals surface area contributed by atoms with Crippen LogP contribution in [-0.4, -0.2) is 27.1 Å². The molecule has 6 nitrogen and oxygen atoms in total. The lowest BCUT2D eigenvalue weighted by Crippen LogP contribution is -2.02. The largest absolute Gasteiger partial charge is 0.496 e. The second-order valence-electron chi connectivity index (χ2n) is 5.98.